The molecule has 0 saturated heterocycles. The van der Waals surface area contributed by atoms with E-state index >= 15 is 0 Å². The molecule has 1 rings (SSSR count). The van der Waals surface area contributed by atoms with Crippen LogP contribution in [-0.2, 0) is 14.3 Å². The molecule has 0 spiro atoms. The average Bonchev–Trinajstić information content (AvgIpc) is 2.21. The Morgan fingerprint density at radius 1 is 1.56 bits per heavy atom. The van der Waals surface area contributed by atoms with Crippen molar-refractivity contribution in [1.29, 1.82) is 0 Å². The van der Waals surface area contributed by atoms with Crippen LogP contribution in [0.4, 0.5) is 10.1 Å². The van der Waals surface area contributed by atoms with E-state index in [9.17, 15) is 14.0 Å². The summed E-state index contributed by atoms with van der Waals surface area (Å²) >= 11 is 0. The molecular weight excluding hydrogens is 215 g/mol. The van der Waals surface area contributed by atoms with Crippen LogP contribution in [0.15, 0.2) is 18.5 Å². The van der Waals surface area contributed by atoms with Crippen molar-refractivity contribution in [3.8, 4) is 0 Å². The van der Waals surface area contributed by atoms with Gasteiger partial charge in [-0.15, -0.1) is 0 Å². The largest absolute Gasteiger partial charge is 0.466 e. The van der Waals surface area contributed by atoms with Crippen molar-refractivity contribution in [2.75, 3.05) is 11.9 Å². The molecule has 0 aromatic carbocycles. The predicted octanol–water partition coefficient (Wildman–Crippen LogP) is 1.11. The summed E-state index contributed by atoms with van der Waals surface area (Å²) in [5.41, 5.74) is -0.00991. The number of nitrogens with one attached hydrogen (secondary N) is 1. The van der Waals surface area contributed by atoms with Gasteiger partial charge in [0.15, 0.2) is 5.82 Å². The average molecular weight is 226 g/mol. The molecule has 0 saturated carbocycles. The maximum Gasteiger partial charge on any atom is 0.315 e. The monoisotopic (exact) mass is 226 g/mol. The van der Waals surface area contributed by atoms with Crippen LogP contribution in [0.1, 0.15) is 13.3 Å². The number of carbonyl (C=O) groups excluding carboxylic acids is 2. The number of anilines is 1. The summed E-state index contributed by atoms with van der Waals surface area (Å²) in [6.07, 6.45) is 1.87. The third kappa shape index (κ3) is 3.64. The highest BCUT2D eigenvalue weighted by Crippen LogP contribution is 2.10. The van der Waals surface area contributed by atoms with Gasteiger partial charge in [0.2, 0.25) is 5.91 Å². The number of aromatic nitrogens is 1. The van der Waals surface area contributed by atoms with Crippen molar-refractivity contribution in [3.63, 3.8) is 0 Å². The third-order valence-corrected chi connectivity index (χ3v) is 1.66. The highest BCUT2D eigenvalue weighted by atomic mass is 19.1. The summed E-state index contributed by atoms with van der Waals surface area (Å²) in [4.78, 5) is 25.7. The number of hydrogen-bond acceptors (Lipinski definition) is 4. The number of carbonyl (C=O) groups is 2. The lowest BCUT2D eigenvalue weighted by Crippen LogP contribution is -2.18. The van der Waals surface area contributed by atoms with Crippen LogP contribution >= 0.6 is 0 Å². The molecule has 0 aliphatic carbocycles. The molecule has 1 heterocycles. The smallest absolute Gasteiger partial charge is 0.315 e. The second kappa shape index (κ2) is 5.79. The van der Waals surface area contributed by atoms with Gasteiger partial charge >= 0.3 is 5.97 Å². The van der Waals surface area contributed by atoms with Gasteiger partial charge in [-0.2, -0.15) is 0 Å². The summed E-state index contributed by atoms with van der Waals surface area (Å²) in [5, 5.41) is 2.24. The van der Waals surface area contributed by atoms with Crippen LogP contribution in [0.2, 0.25) is 0 Å². The van der Waals surface area contributed by atoms with E-state index in [1.807, 2.05) is 0 Å². The first-order valence-electron chi connectivity index (χ1n) is 4.68. The van der Waals surface area contributed by atoms with Gasteiger partial charge in [0.05, 0.1) is 18.5 Å². The van der Waals surface area contributed by atoms with Crippen LogP contribution in [0.5, 0.6) is 0 Å². The highest BCUT2D eigenvalue weighted by molar-refractivity contribution is 6.01. The van der Waals surface area contributed by atoms with E-state index in [-0.39, 0.29) is 12.3 Å². The SMILES string of the molecule is CCOC(=O)CC(=O)Nc1ccncc1F. The molecule has 1 aromatic heterocycles. The first-order valence-corrected chi connectivity index (χ1v) is 4.68. The zero-order valence-electron chi connectivity index (χ0n) is 8.70. The number of pyridine rings is 1. The minimum atomic E-state index is -0.653. The number of amides is 1. The normalized spacial score (nSPS) is 9.62. The minimum absolute atomic E-state index is 0.00991. The number of ether oxygens (including phenoxy) is 1. The molecule has 0 fully saturated rings. The van der Waals surface area contributed by atoms with E-state index in [4.69, 9.17) is 0 Å². The number of rotatable bonds is 4. The van der Waals surface area contributed by atoms with Crippen molar-refractivity contribution < 1.29 is 18.7 Å². The Balaban J connectivity index is 2.52. The van der Waals surface area contributed by atoms with Crippen molar-refractivity contribution in [2.24, 2.45) is 0 Å². The van der Waals surface area contributed by atoms with Gasteiger partial charge in [0, 0.05) is 6.20 Å². The number of esters is 1. The summed E-state index contributed by atoms with van der Waals surface area (Å²) < 4.78 is 17.6. The second-order valence-corrected chi connectivity index (χ2v) is 2.89. The molecule has 86 valence electrons. The molecule has 1 aromatic rings. The summed E-state index contributed by atoms with van der Waals surface area (Å²) in [5.74, 6) is -1.92. The van der Waals surface area contributed by atoms with Crippen LogP contribution in [-0.4, -0.2) is 23.5 Å². The minimum Gasteiger partial charge on any atom is -0.466 e. The number of halogens is 1. The Kier molecular flexibility index (Phi) is 4.38. The summed E-state index contributed by atoms with van der Waals surface area (Å²) in [7, 11) is 0. The fourth-order valence-corrected chi connectivity index (χ4v) is 1.01. The molecule has 0 bridgehead atoms. The number of nitrogens with zero attached hydrogens (tertiary/aromatic N) is 1. The van der Waals surface area contributed by atoms with Crippen molar-refractivity contribution in [1.82, 2.24) is 4.98 Å². The number of hydrogen-bond donors (Lipinski definition) is 1. The van der Waals surface area contributed by atoms with Crippen LogP contribution in [0.25, 0.3) is 0 Å². The van der Waals surface area contributed by atoms with Crippen molar-refractivity contribution in [2.45, 2.75) is 13.3 Å². The van der Waals surface area contributed by atoms with Crippen LogP contribution in [0, 0.1) is 5.82 Å². The van der Waals surface area contributed by atoms with Crippen molar-refractivity contribution >= 4 is 17.6 Å². The maximum absolute atomic E-state index is 13.0. The molecule has 1 N–H and O–H groups in total. The van der Waals surface area contributed by atoms with E-state index in [0.29, 0.717) is 0 Å². The van der Waals surface area contributed by atoms with Crippen LogP contribution < -0.4 is 5.32 Å². The van der Waals surface area contributed by atoms with Gasteiger partial charge < -0.3 is 10.1 Å². The Labute approximate surface area is 91.6 Å². The van der Waals surface area contributed by atoms with Gasteiger partial charge in [-0.05, 0) is 13.0 Å². The van der Waals surface area contributed by atoms with Gasteiger partial charge in [-0.3, -0.25) is 14.6 Å². The molecular formula is C10H11FN2O3. The molecule has 0 aliphatic heterocycles. The maximum atomic E-state index is 13.0. The summed E-state index contributed by atoms with van der Waals surface area (Å²) in [6.45, 7) is 1.84. The van der Waals surface area contributed by atoms with Gasteiger partial charge in [0.25, 0.3) is 0 Å². The molecule has 5 nitrogen and oxygen atoms in total. The molecule has 0 unspecified atom stereocenters. The Hall–Kier alpha value is -1.98. The molecule has 0 radical (unpaired) electrons. The first-order chi connectivity index (χ1) is 7.63. The Morgan fingerprint density at radius 3 is 2.94 bits per heavy atom. The van der Waals surface area contributed by atoms with Gasteiger partial charge in [0.1, 0.15) is 6.42 Å². The first kappa shape index (κ1) is 12.1. The topological polar surface area (TPSA) is 68.3 Å². The molecule has 6 heteroatoms. The van der Waals surface area contributed by atoms with Crippen molar-refractivity contribution in [3.05, 3.63) is 24.3 Å². The van der Waals surface area contributed by atoms with Gasteiger partial charge in [-0.1, -0.05) is 0 Å². The third-order valence-electron chi connectivity index (χ3n) is 1.66. The molecule has 16 heavy (non-hydrogen) atoms. The van der Waals surface area contributed by atoms with Crippen LogP contribution in [0.3, 0.4) is 0 Å². The predicted molar refractivity (Wildman–Crippen MR) is 54.1 cm³/mol. The van der Waals surface area contributed by atoms with E-state index in [1.54, 1.807) is 6.92 Å². The zero-order chi connectivity index (χ0) is 12.0. The lowest BCUT2D eigenvalue weighted by atomic mass is 10.3. The lowest BCUT2D eigenvalue weighted by molar-refractivity contribution is -0.145. The van der Waals surface area contributed by atoms with E-state index in [0.717, 1.165) is 6.20 Å². The fourth-order valence-electron chi connectivity index (χ4n) is 1.01. The fraction of sp³-hybridized carbons (Fsp3) is 0.300. The zero-order valence-corrected chi connectivity index (χ0v) is 8.70. The molecule has 0 aliphatic rings. The second-order valence-electron chi connectivity index (χ2n) is 2.89. The Bertz CT molecular complexity index is 395. The highest BCUT2D eigenvalue weighted by Gasteiger charge is 2.11. The van der Waals surface area contributed by atoms with Gasteiger partial charge in [-0.25, -0.2) is 4.39 Å². The molecule has 1 amide bonds. The lowest BCUT2D eigenvalue weighted by Gasteiger charge is -2.05. The standard InChI is InChI=1S/C10H11FN2O3/c1-2-16-10(15)5-9(14)13-8-3-4-12-6-7(8)11/h3-4,6H,2,5H2,1H3,(H,12,13,14). The van der Waals surface area contributed by atoms with E-state index in [2.05, 4.69) is 15.0 Å². The summed E-state index contributed by atoms with van der Waals surface area (Å²) in [6, 6.07) is 1.30. The Morgan fingerprint density at radius 2 is 2.31 bits per heavy atom. The van der Waals surface area contributed by atoms with E-state index < -0.39 is 24.1 Å². The quantitative estimate of drug-likeness (QED) is 0.616. The molecule has 0 atom stereocenters. The van der Waals surface area contributed by atoms with E-state index in [1.165, 1.54) is 12.3 Å².